The van der Waals surface area contributed by atoms with Gasteiger partial charge in [-0.15, -0.1) is 24.8 Å². The molecule has 2 aliphatic rings. The number of hydrogen-bond acceptors (Lipinski definition) is 6. The van der Waals surface area contributed by atoms with Crippen LogP contribution in [0.5, 0.6) is 0 Å². The van der Waals surface area contributed by atoms with Crippen LogP contribution in [0.3, 0.4) is 0 Å². The number of amides is 1. The molecule has 7 nitrogen and oxygen atoms in total. The summed E-state index contributed by atoms with van der Waals surface area (Å²) in [6, 6.07) is 2.11. The van der Waals surface area contributed by atoms with Gasteiger partial charge in [0, 0.05) is 38.2 Å². The summed E-state index contributed by atoms with van der Waals surface area (Å²) in [5, 5.41) is 2.95. The van der Waals surface area contributed by atoms with Crippen molar-refractivity contribution in [2.45, 2.75) is 25.7 Å². The van der Waals surface area contributed by atoms with E-state index in [2.05, 4.69) is 26.3 Å². The van der Waals surface area contributed by atoms with E-state index < -0.39 is 0 Å². The monoisotopic (exact) mass is 405 g/mol. The summed E-state index contributed by atoms with van der Waals surface area (Å²) in [5.74, 6) is 2.24. The van der Waals surface area contributed by atoms with Gasteiger partial charge in [-0.2, -0.15) is 0 Å². The highest BCUT2D eigenvalue weighted by atomic mass is 35.5. The zero-order valence-corrected chi connectivity index (χ0v) is 17.1. The third kappa shape index (κ3) is 5.67. The lowest BCUT2D eigenvalue weighted by atomic mass is 9.94. The van der Waals surface area contributed by atoms with Crippen molar-refractivity contribution in [3.63, 3.8) is 0 Å². The Bertz CT molecular complexity index is 584. The van der Waals surface area contributed by atoms with Crippen LogP contribution in [-0.4, -0.2) is 73.8 Å². The van der Waals surface area contributed by atoms with E-state index in [1.54, 1.807) is 0 Å². The molecule has 1 unspecified atom stereocenters. The van der Waals surface area contributed by atoms with Crippen LogP contribution in [0.1, 0.15) is 30.3 Å². The summed E-state index contributed by atoms with van der Waals surface area (Å²) in [4.78, 5) is 25.7. The maximum atomic E-state index is 12.2. The second-order valence-corrected chi connectivity index (χ2v) is 6.51. The summed E-state index contributed by atoms with van der Waals surface area (Å²) in [5.41, 5.74) is 1.06. The number of anilines is 1. The Kier molecular flexibility index (Phi) is 9.57. The van der Waals surface area contributed by atoms with E-state index in [0.717, 1.165) is 69.6 Å². The van der Waals surface area contributed by atoms with Gasteiger partial charge in [0.25, 0.3) is 0 Å². The molecular formula is C17H29Cl2N5O2. The number of carbonyl (C=O) groups is 1. The lowest BCUT2D eigenvalue weighted by Gasteiger charge is -2.33. The van der Waals surface area contributed by atoms with Gasteiger partial charge in [0.1, 0.15) is 11.6 Å². The van der Waals surface area contributed by atoms with Gasteiger partial charge in [-0.25, -0.2) is 9.97 Å². The largest absolute Gasteiger partial charge is 0.378 e. The summed E-state index contributed by atoms with van der Waals surface area (Å²) in [6.07, 6.45) is 2.10. The molecule has 1 aromatic rings. The summed E-state index contributed by atoms with van der Waals surface area (Å²) in [7, 11) is 1.81. The van der Waals surface area contributed by atoms with E-state index >= 15 is 0 Å². The first-order valence-electron chi connectivity index (χ1n) is 8.78. The predicted molar refractivity (Wildman–Crippen MR) is 107 cm³/mol. The minimum absolute atomic E-state index is 0. The van der Waals surface area contributed by atoms with Crippen molar-refractivity contribution < 1.29 is 9.53 Å². The molecule has 0 radical (unpaired) electrons. The summed E-state index contributed by atoms with van der Waals surface area (Å²) >= 11 is 0. The van der Waals surface area contributed by atoms with Gasteiger partial charge >= 0.3 is 0 Å². The zero-order valence-electron chi connectivity index (χ0n) is 15.4. The second-order valence-electron chi connectivity index (χ2n) is 6.51. The van der Waals surface area contributed by atoms with E-state index in [4.69, 9.17) is 4.74 Å². The number of rotatable bonds is 4. The van der Waals surface area contributed by atoms with Crippen LogP contribution in [0.25, 0.3) is 0 Å². The number of ether oxygens (including phenoxy) is 1. The fourth-order valence-corrected chi connectivity index (χ4v) is 3.45. The normalized spacial score (nSPS) is 20.2. The highest BCUT2D eigenvalue weighted by Crippen LogP contribution is 2.28. The average Bonchev–Trinajstić information content (AvgIpc) is 2.62. The molecule has 1 aromatic heterocycles. The van der Waals surface area contributed by atoms with Gasteiger partial charge in [0.2, 0.25) is 5.91 Å². The van der Waals surface area contributed by atoms with Gasteiger partial charge < -0.3 is 19.9 Å². The maximum Gasteiger partial charge on any atom is 0.236 e. The smallest absolute Gasteiger partial charge is 0.236 e. The Hall–Kier alpha value is -1.15. The van der Waals surface area contributed by atoms with Crippen LogP contribution in [0, 0.1) is 6.92 Å². The van der Waals surface area contributed by atoms with Crippen molar-refractivity contribution in [3.05, 3.63) is 17.6 Å². The number of likely N-dealkylation sites (N-methyl/N-ethyl adjacent to an activating group) is 1. The minimum Gasteiger partial charge on any atom is -0.378 e. The molecule has 3 rings (SSSR count). The van der Waals surface area contributed by atoms with E-state index in [-0.39, 0.29) is 30.7 Å². The third-order valence-corrected chi connectivity index (χ3v) is 4.70. The van der Waals surface area contributed by atoms with Gasteiger partial charge in [0.15, 0.2) is 0 Å². The molecule has 0 bridgehead atoms. The Morgan fingerprint density at radius 2 is 2.00 bits per heavy atom. The van der Waals surface area contributed by atoms with Gasteiger partial charge in [-0.3, -0.25) is 4.79 Å². The Morgan fingerprint density at radius 3 is 2.69 bits per heavy atom. The summed E-state index contributed by atoms with van der Waals surface area (Å²) < 4.78 is 5.43. The molecule has 2 aliphatic heterocycles. The Balaban J connectivity index is 0.00000169. The van der Waals surface area contributed by atoms with Gasteiger partial charge in [0.05, 0.1) is 25.5 Å². The van der Waals surface area contributed by atoms with Crippen molar-refractivity contribution in [1.82, 2.24) is 20.2 Å². The van der Waals surface area contributed by atoms with Crippen LogP contribution in [0.4, 0.5) is 5.82 Å². The molecule has 2 saturated heterocycles. The van der Waals surface area contributed by atoms with E-state index in [9.17, 15) is 4.79 Å². The molecule has 0 aliphatic carbocycles. The van der Waals surface area contributed by atoms with Crippen molar-refractivity contribution in [3.8, 4) is 0 Å². The standard InChI is InChI=1S/C17H27N5O2.2ClH/c1-13-19-15(10-16(20-13)21-6-8-24-9-7-21)14-4-3-5-22(12-14)17(23)11-18-2;;/h10,14,18H,3-9,11-12H2,1-2H3;2*1H. The number of nitrogens with one attached hydrogen (secondary N) is 1. The van der Waals surface area contributed by atoms with Crippen LogP contribution >= 0.6 is 24.8 Å². The number of aryl methyl sites for hydroxylation is 1. The van der Waals surface area contributed by atoms with Crippen molar-refractivity contribution in [2.75, 3.05) is 57.9 Å². The number of piperidine rings is 1. The topological polar surface area (TPSA) is 70.6 Å². The second kappa shape index (κ2) is 10.9. The number of hydrogen-bond donors (Lipinski definition) is 1. The third-order valence-electron chi connectivity index (χ3n) is 4.70. The number of likely N-dealkylation sites (tertiary alicyclic amines) is 1. The lowest BCUT2D eigenvalue weighted by molar-refractivity contribution is -0.131. The van der Waals surface area contributed by atoms with Crippen LogP contribution in [-0.2, 0) is 9.53 Å². The molecule has 0 spiro atoms. The van der Waals surface area contributed by atoms with Crippen LogP contribution in [0.2, 0.25) is 0 Å². The highest BCUT2D eigenvalue weighted by molar-refractivity contribution is 5.85. The SMILES string of the molecule is CNCC(=O)N1CCCC(c2cc(N3CCOCC3)nc(C)n2)C1.Cl.Cl. The Morgan fingerprint density at radius 1 is 1.27 bits per heavy atom. The Labute approximate surface area is 167 Å². The minimum atomic E-state index is 0. The number of nitrogens with zero attached hydrogens (tertiary/aromatic N) is 4. The molecule has 9 heteroatoms. The van der Waals surface area contributed by atoms with E-state index in [1.807, 2.05) is 18.9 Å². The first-order valence-corrected chi connectivity index (χ1v) is 8.78. The van der Waals surface area contributed by atoms with Crippen molar-refractivity contribution >= 4 is 36.5 Å². The predicted octanol–water partition coefficient (Wildman–Crippen LogP) is 1.39. The molecular weight excluding hydrogens is 377 g/mol. The molecule has 3 heterocycles. The quantitative estimate of drug-likeness (QED) is 0.815. The fourth-order valence-electron chi connectivity index (χ4n) is 3.45. The van der Waals surface area contributed by atoms with Gasteiger partial charge in [-0.05, 0) is 26.8 Å². The number of carbonyl (C=O) groups excluding carboxylic acids is 1. The van der Waals surface area contributed by atoms with Crippen LogP contribution < -0.4 is 10.2 Å². The van der Waals surface area contributed by atoms with E-state index in [1.165, 1.54) is 0 Å². The van der Waals surface area contributed by atoms with Gasteiger partial charge in [-0.1, -0.05) is 0 Å². The fraction of sp³-hybridized carbons (Fsp3) is 0.706. The maximum absolute atomic E-state index is 12.2. The molecule has 26 heavy (non-hydrogen) atoms. The molecule has 1 N–H and O–H groups in total. The molecule has 0 saturated carbocycles. The average molecular weight is 406 g/mol. The first-order chi connectivity index (χ1) is 11.7. The summed E-state index contributed by atoms with van der Waals surface area (Å²) in [6.45, 7) is 7.16. The molecule has 1 atom stereocenters. The van der Waals surface area contributed by atoms with Crippen LogP contribution in [0.15, 0.2) is 6.07 Å². The molecule has 2 fully saturated rings. The highest BCUT2D eigenvalue weighted by Gasteiger charge is 2.26. The number of aromatic nitrogens is 2. The van der Waals surface area contributed by atoms with E-state index in [0.29, 0.717) is 12.5 Å². The number of halogens is 2. The molecule has 0 aromatic carbocycles. The number of morpholine rings is 1. The first kappa shape index (κ1) is 22.9. The zero-order chi connectivity index (χ0) is 16.9. The molecule has 148 valence electrons. The molecule has 1 amide bonds. The van der Waals surface area contributed by atoms with Crippen molar-refractivity contribution in [1.29, 1.82) is 0 Å². The van der Waals surface area contributed by atoms with Crippen molar-refractivity contribution in [2.24, 2.45) is 0 Å². The lowest BCUT2D eigenvalue weighted by Crippen LogP contribution is -2.43.